The smallest absolute Gasteiger partial charge is 0.0136 e. The highest BCUT2D eigenvalue weighted by molar-refractivity contribution is 5.11. The number of hydrogen-bond donors (Lipinski definition) is 0. The first-order valence-electron chi connectivity index (χ1n) is 6.84. The van der Waals surface area contributed by atoms with E-state index in [9.17, 15) is 0 Å². The maximum Gasteiger partial charge on any atom is -0.0136 e. The van der Waals surface area contributed by atoms with Gasteiger partial charge in [0, 0.05) is 0 Å². The summed E-state index contributed by atoms with van der Waals surface area (Å²) in [7, 11) is 0. The molecule has 0 aromatic carbocycles. The Morgan fingerprint density at radius 3 is 2.12 bits per heavy atom. The molecule has 16 heavy (non-hydrogen) atoms. The van der Waals surface area contributed by atoms with E-state index < -0.39 is 0 Å². The van der Waals surface area contributed by atoms with Gasteiger partial charge in [0.1, 0.15) is 0 Å². The fourth-order valence-corrected chi connectivity index (χ4v) is 1.69. The predicted molar refractivity (Wildman–Crippen MR) is 75.6 cm³/mol. The van der Waals surface area contributed by atoms with Crippen LogP contribution < -0.4 is 0 Å². The van der Waals surface area contributed by atoms with Crippen molar-refractivity contribution in [3.63, 3.8) is 0 Å². The third-order valence-electron chi connectivity index (χ3n) is 3.15. The molecule has 0 fully saturated rings. The van der Waals surface area contributed by atoms with Crippen molar-refractivity contribution in [3.8, 4) is 0 Å². The van der Waals surface area contributed by atoms with E-state index in [0.29, 0.717) is 11.8 Å². The van der Waals surface area contributed by atoms with Gasteiger partial charge in [-0.3, -0.25) is 0 Å². The summed E-state index contributed by atoms with van der Waals surface area (Å²) in [5.74, 6) is 2.13. The predicted octanol–water partition coefficient (Wildman–Crippen LogP) is 5.61. The van der Waals surface area contributed by atoms with Gasteiger partial charge in [0.25, 0.3) is 0 Å². The molecule has 0 N–H and O–H groups in total. The molecular formula is C16H30. The van der Waals surface area contributed by atoms with Crippen LogP contribution in [0.4, 0.5) is 0 Å². The average Bonchev–Trinajstić information content (AvgIpc) is 2.21. The van der Waals surface area contributed by atoms with E-state index in [-0.39, 0.29) is 0 Å². The van der Waals surface area contributed by atoms with E-state index in [1.807, 2.05) is 0 Å². The number of rotatable bonds is 7. The second kappa shape index (κ2) is 8.61. The first-order valence-corrected chi connectivity index (χ1v) is 6.84. The molecule has 0 heterocycles. The van der Waals surface area contributed by atoms with Gasteiger partial charge in [-0.15, -0.1) is 0 Å². The van der Waals surface area contributed by atoms with E-state index in [1.54, 1.807) is 5.57 Å². The monoisotopic (exact) mass is 222 g/mol. The molecule has 0 aromatic heterocycles. The van der Waals surface area contributed by atoms with Crippen molar-refractivity contribution in [2.45, 2.75) is 60.8 Å². The van der Waals surface area contributed by atoms with Crippen LogP contribution in [0.5, 0.6) is 0 Å². The van der Waals surface area contributed by atoms with E-state index >= 15 is 0 Å². The minimum atomic E-state index is 0.668. The Morgan fingerprint density at radius 1 is 1.06 bits per heavy atom. The Bertz CT molecular complexity index is 218. The van der Waals surface area contributed by atoms with Gasteiger partial charge >= 0.3 is 0 Å². The second-order valence-corrected chi connectivity index (χ2v) is 5.48. The Labute approximate surface area is 103 Å². The van der Waals surface area contributed by atoms with Crippen LogP contribution in [0.15, 0.2) is 23.8 Å². The van der Waals surface area contributed by atoms with Crippen molar-refractivity contribution < 1.29 is 0 Å². The van der Waals surface area contributed by atoms with Crippen LogP contribution in [-0.2, 0) is 0 Å². The van der Waals surface area contributed by atoms with Gasteiger partial charge in [-0.05, 0) is 30.6 Å². The molecule has 94 valence electrons. The summed E-state index contributed by atoms with van der Waals surface area (Å²) in [5.41, 5.74) is 1.62. The van der Waals surface area contributed by atoms with Crippen LogP contribution in [0.1, 0.15) is 60.8 Å². The second-order valence-electron chi connectivity index (χ2n) is 5.48. The van der Waals surface area contributed by atoms with Gasteiger partial charge in [-0.1, -0.05) is 71.8 Å². The highest BCUT2D eigenvalue weighted by atomic mass is 14.2. The van der Waals surface area contributed by atoms with Crippen LogP contribution in [0.3, 0.4) is 0 Å². The Kier molecular flexibility index (Phi) is 8.33. The molecule has 0 aliphatic carbocycles. The lowest BCUT2D eigenvalue weighted by Crippen LogP contribution is -2.07. The fraction of sp³-hybridized carbons (Fsp3) is 0.750. The molecule has 0 amide bonds. The summed E-state index contributed by atoms with van der Waals surface area (Å²) in [6.45, 7) is 13.7. The molecule has 0 aromatic rings. The van der Waals surface area contributed by atoms with Crippen molar-refractivity contribution >= 4 is 0 Å². The Morgan fingerprint density at radius 2 is 1.69 bits per heavy atom. The largest absolute Gasteiger partial charge is 0.0856 e. The molecule has 1 unspecified atom stereocenters. The molecule has 1 atom stereocenters. The summed E-state index contributed by atoms with van der Waals surface area (Å²) in [4.78, 5) is 0. The highest BCUT2D eigenvalue weighted by Crippen LogP contribution is 2.24. The molecule has 0 aliphatic heterocycles. The van der Waals surface area contributed by atoms with Crippen molar-refractivity contribution in [3.05, 3.63) is 23.8 Å². The molecule has 0 rings (SSSR count). The highest BCUT2D eigenvalue weighted by Gasteiger charge is 2.11. The van der Waals surface area contributed by atoms with Crippen molar-refractivity contribution in [1.82, 2.24) is 0 Å². The third-order valence-corrected chi connectivity index (χ3v) is 3.15. The lowest BCUT2D eigenvalue weighted by molar-refractivity contribution is 0.472. The summed E-state index contributed by atoms with van der Waals surface area (Å²) in [6, 6.07) is 0. The molecule has 0 heteroatoms. The van der Waals surface area contributed by atoms with E-state index in [4.69, 9.17) is 0 Å². The van der Waals surface area contributed by atoms with Crippen LogP contribution in [-0.4, -0.2) is 0 Å². The number of allylic oxidation sites excluding steroid dienone is 4. The number of unbranched alkanes of at least 4 members (excludes halogenated alkanes) is 1. The lowest BCUT2D eigenvalue weighted by Gasteiger charge is -2.19. The molecule has 0 nitrogen and oxygen atoms in total. The van der Waals surface area contributed by atoms with Crippen LogP contribution in [0, 0.1) is 17.8 Å². The third kappa shape index (κ3) is 6.87. The SMILES string of the molecule is CCCC=C(CC=CC(C)C)C(C)C(C)C. The summed E-state index contributed by atoms with van der Waals surface area (Å²) in [5, 5.41) is 0. The normalized spacial score (nSPS) is 15.4. The van der Waals surface area contributed by atoms with Gasteiger partial charge in [0.15, 0.2) is 0 Å². The zero-order chi connectivity index (χ0) is 12.6. The first kappa shape index (κ1) is 15.5. The summed E-state index contributed by atoms with van der Waals surface area (Å²) < 4.78 is 0. The van der Waals surface area contributed by atoms with Crippen LogP contribution >= 0.6 is 0 Å². The molecule has 0 spiro atoms. The quantitative estimate of drug-likeness (QED) is 0.491. The van der Waals surface area contributed by atoms with Crippen molar-refractivity contribution in [1.29, 1.82) is 0 Å². The van der Waals surface area contributed by atoms with Gasteiger partial charge in [0.2, 0.25) is 0 Å². The van der Waals surface area contributed by atoms with Crippen molar-refractivity contribution in [2.75, 3.05) is 0 Å². The standard InChI is InChI=1S/C16H30/c1-7-8-11-16(15(6)14(4)5)12-9-10-13(2)3/h9-11,13-15H,7-8,12H2,1-6H3. The van der Waals surface area contributed by atoms with E-state index in [2.05, 4.69) is 59.8 Å². The maximum atomic E-state index is 2.45. The Hall–Kier alpha value is -0.520. The van der Waals surface area contributed by atoms with Gasteiger partial charge in [0.05, 0.1) is 0 Å². The van der Waals surface area contributed by atoms with Crippen LogP contribution in [0.25, 0.3) is 0 Å². The first-order chi connectivity index (χ1) is 7.49. The van der Waals surface area contributed by atoms with Gasteiger partial charge in [-0.25, -0.2) is 0 Å². The average molecular weight is 222 g/mol. The van der Waals surface area contributed by atoms with Gasteiger partial charge in [-0.2, -0.15) is 0 Å². The summed E-state index contributed by atoms with van der Waals surface area (Å²) in [6.07, 6.45) is 10.7. The molecule has 0 aliphatic rings. The zero-order valence-electron chi connectivity index (χ0n) is 12.1. The van der Waals surface area contributed by atoms with Crippen LogP contribution in [0.2, 0.25) is 0 Å². The molecule has 0 saturated heterocycles. The summed E-state index contributed by atoms with van der Waals surface area (Å²) >= 11 is 0. The minimum Gasteiger partial charge on any atom is -0.0856 e. The Balaban J connectivity index is 4.44. The topological polar surface area (TPSA) is 0 Å². The molecule has 0 saturated carbocycles. The minimum absolute atomic E-state index is 0.668. The maximum absolute atomic E-state index is 2.45. The lowest BCUT2D eigenvalue weighted by atomic mass is 9.87. The van der Waals surface area contributed by atoms with E-state index in [0.717, 1.165) is 12.3 Å². The van der Waals surface area contributed by atoms with E-state index in [1.165, 1.54) is 12.8 Å². The molecule has 0 bridgehead atoms. The fourth-order valence-electron chi connectivity index (χ4n) is 1.69. The van der Waals surface area contributed by atoms with Gasteiger partial charge < -0.3 is 0 Å². The number of hydrogen-bond acceptors (Lipinski definition) is 0. The van der Waals surface area contributed by atoms with Crippen molar-refractivity contribution in [2.24, 2.45) is 17.8 Å². The zero-order valence-corrected chi connectivity index (χ0v) is 12.1. The molecule has 0 radical (unpaired) electrons. The molecular weight excluding hydrogens is 192 g/mol.